The van der Waals surface area contributed by atoms with Gasteiger partial charge in [0.15, 0.2) is 11.0 Å². The molecule has 7 heteroatoms. The number of fused-ring (bicyclic) bond motifs is 2. The Kier molecular flexibility index (Phi) is 6.27. The van der Waals surface area contributed by atoms with Gasteiger partial charge in [0.1, 0.15) is 17.9 Å². The highest BCUT2D eigenvalue weighted by Crippen LogP contribution is 2.28. The topological polar surface area (TPSA) is 95.7 Å². The Bertz CT molecular complexity index is 1740. The van der Waals surface area contributed by atoms with Gasteiger partial charge < -0.3 is 13.9 Å². The molecule has 37 heavy (non-hydrogen) atoms. The number of aryl methyl sites for hydroxylation is 1. The third-order valence-corrected chi connectivity index (χ3v) is 6.36. The number of carbonyl (C=O) groups is 2. The normalized spacial score (nSPS) is 11.0. The fraction of sp³-hybridized carbons (Fsp3) is 0.133. The lowest BCUT2D eigenvalue weighted by Gasteiger charge is -2.14. The third kappa shape index (κ3) is 4.25. The van der Waals surface area contributed by atoms with Gasteiger partial charge in [-0.15, -0.1) is 0 Å². The third-order valence-electron chi connectivity index (χ3n) is 6.36. The Morgan fingerprint density at radius 1 is 0.838 bits per heavy atom. The summed E-state index contributed by atoms with van der Waals surface area (Å²) in [4.78, 5) is 43.5. The van der Waals surface area contributed by atoms with E-state index in [1.807, 2.05) is 54.6 Å². The smallest absolute Gasteiger partial charge is 0.342 e. The second-order valence-electron chi connectivity index (χ2n) is 8.58. The predicted molar refractivity (Wildman–Crippen MR) is 140 cm³/mol. The van der Waals surface area contributed by atoms with E-state index in [1.165, 1.54) is 13.2 Å². The number of pyridine rings is 1. The number of ether oxygens (including phenoxy) is 2. The van der Waals surface area contributed by atoms with Crippen LogP contribution in [0.3, 0.4) is 0 Å². The van der Waals surface area contributed by atoms with Crippen LogP contribution in [0.1, 0.15) is 37.5 Å². The van der Waals surface area contributed by atoms with Crippen molar-refractivity contribution < 1.29 is 23.5 Å². The quantitative estimate of drug-likeness (QED) is 0.287. The first-order valence-electron chi connectivity index (χ1n) is 11.7. The van der Waals surface area contributed by atoms with E-state index >= 15 is 0 Å². The molecule has 0 saturated heterocycles. The molecule has 0 atom stereocenters. The molecule has 5 rings (SSSR count). The Hall–Kier alpha value is -4.78. The van der Waals surface area contributed by atoms with Crippen LogP contribution in [0.5, 0.6) is 0 Å². The molecule has 0 saturated carbocycles. The molecule has 2 aromatic heterocycles. The highest BCUT2D eigenvalue weighted by Gasteiger charge is 2.23. The molecule has 0 aliphatic rings. The van der Waals surface area contributed by atoms with Crippen LogP contribution >= 0.6 is 0 Å². The SMILES string of the molecule is COC(=O)c1c(COC(=O)c2cccc3c(=O)c(C)c(-c4ccccc4)oc23)nc2ccccc2c1C. The van der Waals surface area contributed by atoms with Crippen molar-refractivity contribution in [2.45, 2.75) is 20.5 Å². The zero-order chi connectivity index (χ0) is 26.1. The Balaban J connectivity index is 1.56. The molecule has 0 spiro atoms. The Morgan fingerprint density at radius 3 is 2.30 bits per heavy atom. The number of hydrogen-bond acceptors (Lipinski definition) is 7. The second-order valence-corrected chi connectivity index (χ2v) is 8.58. The lowest BCUT2D eigenvalue weighted by atomic mass is 10.0. The number of carbonyl (C=O) groups excluding carboxylic acids is 2. The lowest BCUT2D eigenvalue weighted by molar-refractivity contribution is 0.0456. The summed E-state index contributed by atoms with van der Waals surface area (Å²) in [6, 6.07) is 21.4. The molecule has 0 N–H and O–H groups in total. The zero-order valence-electron chi connectivity index (χ0n) is 20.5. The number of benzene rings is 3. The van der Waals surface area contributed by atoms with Crippen molar-refractivity contribution in [2.24, 2.45) is 0 Å². The van der Waals surface area contributed by atoms with Gasteiger partial charge in [0, 0.05) is 16.5 Å². The lowest BCUT2D eigenvalue weighted by Crippen LogP contribution is -2.15. The first kappa shape index (κ1) is 23.9. The summed E-state index contributed by atoms with van der Waals surface area (Å²) in [6.07, 6.45) is 0. The molecule has 2 heterocycles. The molecular weight excluding hydrogens is 470 g/mol. The van der Waals surface area contributed by atoms with E-state index in [4.69, 9.17) is 13.9 Å². The zero-order valence-corrected chi connectivity index (χ0v) is 20.5. The fourth-order valence-corrected chi connectivity index (χ4v) is 4.46. The molecule has 0 aliphatic heterocycles. The number of methoxy groups -OCH3 is 1. The van der Waals surface area contributed by atoms with Gasteiger partial charge in [-0.2, -0.15) is 0 Å². The van der Waals surface area contributed by atoms with Gasteiger partial charge in [0.25, 0.3) is 0 Å². The summed E-state index contributed by atoms with van der Waals surface area (Å²) in [5, 5.41) is 1.08. The molecule has 0 amide bonds. The van der Waals surface area contributed by atoms with E-state index in [9.17, 15) is 14.4 Å². The number of nitrogens with zero attached hydrogens (tertiary/aromatic N) is 1. The highest BCUT2D eigenvalue weighted by molar-refractivity contribution is 6.02. The first-order chi connectivity index (χ1) is 17.9. The molecule has 5 aromatic rings. The van der Waals surface area contributed by atoms with Crippen LogP contribution in [0.25, 0.3) is 33.2 Å². The van der Waals surface area contributed by atoms with Gasteiger partial charge in [0.05, 0.1) is 29.3 Å². The van der Waals surface area contributed by atoms with Crippen LogP contribution < -0.4 is 5.43 Å². The maximum atomic E-state index is 13.2. The molecule has 7 nitrogen and oxygen atoms in total. The molecule has 3 aromatic carbocycles. The summed E-state index contributed by atoms with van der Waals surface area (Å²) in [6.45, 7) is 3.22. The van der Waals surface area contributed by atoms with Gasteiger partial charge in [-0.25, -0.2) is 14.6 Å². The van der Waals surface area contributed by atoms with Crippen molar-refractivity contribution in [3.05, 3.63) is 111 Å². The molecule has 0 fully saturated rings. The Labute approximate surface area is 212 Å². The Morgan fingerprint density at radius 2 is 1.54 bits per heavy atom. The van der Waals surface area contributed by atoms with E-state index in [0.717, 1.165) is 10.9 Å². The van der Waals surface area contributed by atoms with Gasteiger partial charge >= 0.3 is 11.9 Å². The van der Waals surface area contributed by atoms with E-state index in [1.54, 1.807) is 26.0 Å². The minimum absolute atomic E-state index is 0.101. The number of rotatable bonds is 5. The maximum Gasteiger partial charge on any atom is 0.342 e. The van der Waals surface area contributed by atoms with Crippen molar-refractivity contribution in [3.8, 4) is 11.3 Å². The van der Waals surface area contributed by atoms with Gasteiger partial charge in [-0.3, -0.25) is 4.79 Å². The van der Waals surface area contributed by atoms with Crippen LogP contribution in [-0.4, -0.2) is 24.0 Å². The largest absolute Gasteiger partial charge is 0.465 e. The van der Waals surface area contributed by atoms with Crippen molar-refractivity contribution in [1.82, 2.24) is 4.98 Å². The van der Waals surface area contributed by atoms with E-state index in [-0.39, 0.29) is 39.8 Å². The molecule has 184 valence electrons. The second kappa shape index (κ2) is 9.70. The number of para-hydroxylation sites is 2. The highest BCUT2D eigenvalue weighted by atomic mass is 16.5. The molecule has 0 bridgehead atoms. The van der Waals surface area contributed by atoms with Crippen LogP contribution in [0.2, 0.25) is 0 Å². The summed E-state index contributed by atoms with van der Waals surface area (Å²) in [7, 11) is 1.29. The van der Waals surface area contributed by atoms with Gasteiger partial charge in [-0.05, 0) is 37.6 Å². The summed E-state index contributed by atoms with van der Waals surface area (Å²) in [5.74, 6) is -0.890. The van der Waals surface area contributed by atoms with E-state index in [0.29, 0.717) is 22.4 Å². The summed E-state index contributed by atoms with van der Waals surface area (Å²) in [5.41, 5.74) is 3.06. The van der Waals surface area contributed by atoms with Crippen molar-refractivity contribution in [2.75, 3.05) is 7.11 Å². The van der Waals surface area contributed by atoms with Crippen molar-refractivity contribution in [1.29, 1.82) is 0 Å². The van der Waals surface area contributed by atoms with Gasteiger partial charge in [0.2, 0.25) is 0 Å². The molecule has 0 radical (unpaired) electrons. The number of esters is 2. The predicted octanol–water partition coefficient (Wildman–Crippen LogP) is 5.77. The van der Waals surface area contributed by atoms with Crippen molar-refractivity contribution >= 4 is 33.8 Å². The molecule has 0 aliphatic carbocycles. The minimum Gasteiger partial charge on any atom is -0.465 e. The van der Waals surface area contributed by atoms with Crippen molar-refractivity contribution in [3.63, 3.8) is 0 Å². The summed E-state index contributed by atoms with van der Waals surface area (Å²) >= 11 is 0. The molecule has 0 unspecified atom stereocenters. The van der Waals surface area contributed by atoms with Crippen LogP contribution in [0.4, 0.5) is 0 Å². The van der Waals surface area contributed by atoms with Crippen LogP contribution in [0.15, 0.2) is 82.0 Å². The molecular formula is C30H23NO6. The van der Waals surface area contributed by atoms with E-state index < -0.39 is 11.9 Å². The van der Waals surface area contributed by atoms with Gasteiger partial charge in [-0.1, -0.05) is 54.6 Å². The van der Waals surface area contributed by atoms with Crippen LogP contribution in [-0.2, 0) is 16.1 Å². The summed E-state index contributed by atoms with van der Waals surface area (Å²) < 4.78 is 16.7. The van der Waals surface area contributed by atoms with E-state index in [2.05, 4.69) is 4.98 Å². The fourth-order valence-electron chi connectivity index (χ4n) is 4.46. The minimum atomic E-state index is -0.708. The average molecular weight is 494 g/mol. The average Bonchev–Trinajstić information content (AvgIpc) is 2.93. The number of aromatic nitrogens is 1. The van der Waals surface area contributed by atoms with Crippen LogP contribution in [0, 0.1) is 13.8 Å². The standard InChI is InChI=1S/C30H23NO6/c1-17-20-12-7-8-15-23(20)31-24(25(17)30(34)35-3)16-36-29(33)22-14-9-13-21-26(32)18(2)27(37-28(21)22)19-10-5-4-6-11-19/h4-15H,16H2,1-3H3. The first-order valence-corrected chi connectivity index (χ1v) is 11.7. The monoisotopic (exact) mass is 493 g/mol. The number of hydrogen-bond donors (Lipinski definition) is 0. The maximum absolute atomic E-state index is 13.2.